The van der Waals surface area contributed by atoms with Crippen molar-refractivity contribution in [2.24, 2.45) is 0 Å². The number of ether oxygens (including phenoxy) is 1. The number of nitrogens with one attached hydrogen (secondary N) is 1. The van der Waals surface area contributed by atoms with Crippen LogP contribution in [-0.2, 0) is 9.59 Å². The Bertz CT molecular complexity index is 643. The van der Waals surface area contributed by atoms with Crippen molar-refractivity contribution in [3.8, 4) is 5.75 Å². The number of carbonyl (C=O) groups excluding carboxylic acids is 1. The molecule has 0 aliphatic rings. The van der Waals surface area contributed by atoms with Crippen LogP contribution >= 0.6 is 11.6 Å². The van der Waals surface area contributed by atoms with Gasteiger partial charge in [0.1, 0.15) is 5.75 Å². The summed E-state index contributed by atoms with van der Waals surface area (Å²) in [5.41, 5.74) is 0.495. The third kappa shape index (κ3) is 4.49. The summed E-state index contributed by atoms with van der Waals surface area (Å²) >= 11 is 5.75. The van der Waals surface area contributed by atoms with E-state index in [0.29, 0.717) is 16.3 Å². The van der Waals surface area contributed by atoms with Gasteiger partial charge in [-0.05, 0) is 29.8 Å². The molecule has 0 radical (unpaired) electrons. The summed E-state index contributed by atoms with van der Waals surface area (Å²) in [6.45, 7) is -0.280. The molecule has 0 unspecified atom stereocenters. The average molecular weight is 320 g/mol. The van der Waals surface area contributed by atoms with E-state index in [2.05, 4.69) is 5.32 Å². The molecule has 0 heterocycles. The van der Waals surface area contributed by atoms with Gasteiger partial charge in [-0.1, -0.05) is 41.9 Å². The minimum absolute atomic E-state index is 0.280. The monoisotopic (exact) mass is 319 g/mol. The van der Waals surface area contributed by atoms with E-state index in [0.717, 1.165) is 0 Å². The van der Waals surface area contributed by atoms with E-state index in [-0.39, 0.29) is 6.61 Å². The topological polar surface area (TPSA) is 75.6 Å². The van der Waals surface area contributed by atoms with Crippen LogP contribution in [0.3, 0.4) is 0 Å². The lowest BCUT2D eigenvalue weighted by atomic mass is 10.1. The second kappa shape index (κ2) is 7.47. The number of halogens is 1. The summed E-state index contributed by atoms with van der Waals surface area (Å²) in [7, 11) is 0. The molecule has 0 bridgehead atoms. The summed E-state index contributed by atoms with van der Waals surface area (Å²) in [4.78, 5) is 23.1. The Labute approximate surface area is 132 Å². The zero-order chi connectivity index (χ0) is 15.9. The van der Waals surface area contributed by atoms with Crippen LogP contribution in [0.15, 0.2) is 54.6 Å². The van der Waals surface area contributed by atoms with Crippen molar-refractivity contribution in [2.45, 2.75) is 6.04 Å². The largest absolute Gasteiger partial charge is 0.484 e. The number of carbonyl (C=O) groups is 2. The van der Waals surface area contributed by atoms with Gasteiger partial charge in [0.2, 0.25) is 0 Å². The molecule has 1 atom stereocenters. The van der Waals surface area contributed by atoms with Crippen molar-refractivity contribution >= 4 is 23.5 Å². The first-order valence-corrected chi connectivity index (χ1v) is 6.89. The molecule has 0 aliphatic heterocycles. The number of benzene rings is 2. The molecule has 0 saturated heterocycles. The fourth-order valence-corrected chi connectivity index (χ4v) is 1.94. The standard InChI is InChI=1S/C16H14ClNO4/c17-12-6-8-13(9-7-12)22-10-14(19)18-15(16(20)21)11-4-2-1-3-5-11/h1-9,15H,10H2,(H,18,19)(H,20,21)/t15-/m0/s1. The van der Waals surface area contributed by atoms with Crippen LogP contribution in [-0.4, -0.2) is 23.6 Å². The fraction of sp³-hybridized carbons (Fsp3) is 0.125. The zero-order valence-electron chi connectivity index (χ0n) is 11.5. The van der Waals surface area contributed by atoms with Crippen LogP contribution in [0.1, 0.15) is 11.6 Å². The second-order valence-electron chi connectivity index (χ2n) is 4.49. The lowest BCUT2D eigenvalue weighted by Crippen LogP contribution is -2.36. The molecule has 5 nitrogen and oxygen atoms in total. The Balaban J connectivity index is 1.94. The Morgan fingerprint density at radius 2 is 1.73 bits per heavy atom. The minimum atomic E-state index is -1.13. The first kappa shape index (κ1) is 15.9. The number of carboxylic acids is 1. The average Bonchev–Trinajstić information content (AvgIpc) is 2.52. The molecular formula is C16H14ClNO4. The van der Waals surface area contributed by atoms with Crippen molar-refractivity contribution in [3.63, 3.8) is 0 Å². The van der Waals surface area contributed by atoms with Crippen LogP contribution in [0, 0.1) is 0 Å². The highest BCUT2D eigenvalue weighted by atomic mass is 35.5. The number of carboxylic acid groups (broad SMARTS) is 1. The van der Waals surface area contributed by atoms with Gasteiger partial charge in [0, 0.05) is 5.02 Å². The zero-order valence-corrected chi connectivity index (χ0v) is 12.3. The molecule has 0 spiro atoms. The van der Waals surface area contributed by atoms with Crippen molar-refractivity contribution in [3.05, 3.63) is 65.2 Å². The van der Waals surface area contributed by atoms with Crippen LogP contribution < -0.4 is 10.1 Å². The lowest BCUT2D eigenvalue weighted by Gasteiger charge is -2.15. The summed E-state index contributed by atoms with van der Waals surface area (Å²) in [5, 5.41) is 12.2. The first-order valence-electron chi connectivity index (χ1n) is 6.52. The van der Waals surface area contributed by atoms with E-state index in [9.17, 15) is 14.7 Å². The van der Waals surface area contributed by atoms with Crippen LogP contribution in [0.2, 0.25) is 5.02 Å². The third-order valence-corrected chi connectivity index (χ3v) is 3.12. The van der Waals surface area contributed by atoms with Crippen molar-refractivity contribution in [2.75, 3.05) is 6.61 Å². The van der Waals surface area contributed by atoms with Crippen molar-refractivity contribution in [1.29, 1.82) is 0 Å². The molecule has 0 aromatic heterocycles. The minimum Gasteiger partial charge on any atom is -0.484 e. The molecule has 0 saturated carbocycles. The molecule has 2 rings (SSSR count). The Hall–Kier alpha value is -2.53. The van der Waals surface area contributed by atoms with Crippen LogP contribution in [0.5, 0.6) is 5.75 Å². The van der Waals surface area contributed by atoms with Gasteiger partial charge in [0.25, 0.3) is 5.91 Å². The van der Waals surface area contributed by atoms with Gasteiger partial charge >= 0.3 is 5.97 Å². The summed E-state index contributed by atoms with van der Waals surface area (Å²) in [5.74, 6) is -1.18. The predicted octanol–water partition coefficient (Wildman–Crippen LogP) is 2.66. The first-order chi connectivity index (χ1) is 10.6. The summed E-state index contributed by atoms with van der Waals surface area (Å²) < 4.78 is 5.28. The molecule has 2 N–H and O–H groups in total. The number of hydrogen-bond acceptors (Lipinski definition) is 3. The molecule has 0 aliphatic carbocycles. The van der Waals surface area contributed by atoms with E-state index in [4.69, 9.17) is 16.3 Å². The quantitative estimate of drug-likeness (QED) is 0.858. The number of aliphatic carboxylic acids is 1. The molecule has 6 heteroatoms. The molecule has 22 heavy (non-hydrogen) atoms. The van der Waals surface area contributed by atoms with E-state index >= 15 is 0 Å². The van der Waals surface area contributed by atoms with E-state index < -0.39 is 17.9 Å². The Kier molecular flexibility index (Phi) is 5.38. The highest BCUT2D eigenvalue weighted by molar-refractivity contribution is 6.30. The van der Waals surface area contributed by atoms with Gasteiger partial charge in [0.05, 0.1) is 0 Å². The van der Waals surface area contributed by atoms with E-state index in [1.807, 2.05) is 0 Å². The molecular weight excluding hydrogens is 306 g/mol. The van der Waals surface area contributed by atoms with Crippen LogP contribution in [0.4, 0.5) is 0 Å². The van der Waals surface area contributed by atoms with Gasteiger partial charge < -0.3 is 15.2 Å². The summed E-state index contributed by atoms with van der Waals surface area (Å²) in [6.07, 6.45) is 0. The molecule has 0 fully saturated rings. The van der Waals surface area contributed by atoms with Crippen LogP contribution in [0.25, 0.3) is 0 Å². The van der Waals surface area contributed by atoms with Crippen molar-refractivity contribution < 1.29 is 19.4 Å². The molecule has 1 amide bonds. The van der Waals surface area contributed by atoms with E-state index in [1.54, 1.807) is 54.6 Å². The number of amides is 1. The van der Waals surface area contributed by atoms with E-state index in [1.165, 1.54) is 0 Å². The normalized spacial score (nSPS) is 11.5. The maximum atomic E-state index is 11.8. The number of rotatable bonds is 6. The predicted molar refractivity (Wildman–Crippen MR) is 81.9 cm³/mol. The molecule has 2 aromatic carbocycles. The molecule has 114 valence electrons. The maximum Gasteiger partial charge on any atom is 0.330 e. The Morgan fingerprint density at radius 3 is 2.32 bits per heavy atom. The SMILES string of the molecule is O=C(COc1ccc(Cl)cc1)N[C@H](C(=O)O)c1ccccc1. The fourth-order valence-electron chi connectivity index (χ4n) is 1.82. The number of hydrogen-bond donors (Lipinski definition) is 2. The van der Waals surface area contributed by atoms with Gasteiger partial charge in [-0.2, -0.15) is 0 Å². The van der Waals surface area contributed by atoms with Gasteiger partial charge in [-0.15, -0.1) is 0 Å². The Morgan fingerprint density at radius 1 is 1.09 bits per heavy atom. The lowest BCUT2D eigenvalue weighted by molar-refractivity contribution is -0.142. The van der Waals surface area contributed by atoms with Gasteiger partial charge in [-0.3, -0.25) is 4.79 Å². The smallest absolute Gasteiger partial charge is 0.330 e. The highest BCUT2D eigenvalue weighted by Gasteiger charge is 2.21. The third-order valence-electron chi connectivity index (χ3n) is 2.87. The van der Waals surface area contributed by atoms with Crippen molar-refractivity contribution in [1.82, 2.24) is 5.32 Å². The van der Waals surface area contributed by atoms with Gasteiger partial charge in [-0.25, -0.2) is 4.79 Å². The maximum absolute atomic E-state index is 11.8. The molecule has 2 aromatic rings. The second-order valence-corrected chi connectivity index (χ2v) is 4.93. The van der Waals surface area contributed by atoms with Gasteiger partial charge in [0.15, 0.2) is 12.6 Å². The summed E-state index contributed by atoms with van der Waals surface area (Å²) in [6, 6.07) is 13.9. The highest BCUT2D eigenvalue weighted by Crippen LogP contribution is 2.16.